The van der Waals surface area contributed by atoms with Crippen LogP contribution in [-0.4, -0.2) is 67.4 Å². The Balaban J connectivity index is 0.000000728. The maximum absolute atomic E-state index is 10.7. The van der Waals surface area contributed by atoms with Crippen molar-refractivity contribution in [2.75, 3.05) is 0 Å². The van der Waals surface area contributed by atoms with Gasteiger partial charge in [0.1, 0.15) is 0 Å². The minimum Gasteiger partial charge on any atom is -0.741 e. The Kier molecular flexibility index (Phi) is 19.6. The van der Waals surface area contributed by atoms with Crippen molar-refractivity contribution in [1.29, 1.82) is 0 Å². The second kappa shape index (κ2) is 21.4. The fourth-order valence-electron chi connectivity index (χ4n) is 3.50. The molecular weight excluding hydrogens is 885 g/mol. The first-order chi connectivity index (χ1) is 23.8. The fraction of sp³-hybridized carbons (Fsp3) is 0.0645. The summed E-state index contributed by atoms with van der Waals surface area (Å²) in [7, 11) is -12.2. The first-order valence-corrected chi connectivity index (χ1v) is 16.8. The number of halogens is 7. The van der Waals surface area contributed by atoms with Gasteiger partial charge in [0, 0.05) is 29.0 Å². The van der Waals surface area contributed by atoms with E-state index in [1.165, 1.54) is 0 Å². The third-order valence-corrected chi connectivity index (χ3v) is 7.12. The van der Waals surface area contributed by atoms with E-state index in [-0.39, 0.29) is 30.4 Å². The van der Waals surface area contributed by atoms with Crippen LogP contribution in [0.15, 0.2) is 122 Å². The zero-order chi connectivity index (χ0) is 37.9. The third-order valence-electron chi connectivity index (χ3n) is 5.75. The number of nitrogens with zero attached hydrogens (tertiary/aromatic N) is 5. The molecule has 0 aliphatic rings. The van der Waals surface area contributed by atoms with E-state index < -0.39 is 31.3 Å². The van der Waals surface area contributed by atoms with E-state index in [4.69, 9.17) is 37.5 Å². The average molecular weight is 910 g/mol. The zero-order valence-electron chi connectivity index (χ0n) is 26.6. The quantitative estimate of drug-likeness (QED) is 0.0705. The molecule has 0 spiro atoms. The molecule has 5 heterocycles. The van der Waals surface area contributed by atoms with Crippen LogP contribution in [0.5, 0.6) is 0 Å². The molecule has 23 heteroatoms. The number of benzene rings is 1. The van der Waals surface area contributed by atoms with Gasteiger partial charge in [0.25, 0.3) is 0 Å². The Bertz CT molecular complexity index is 2190. The molecule has 5 N–H and O–H groups in total. The van der Waals surface area contributed by atoms with Crippen molar-refractivity contribution < 1.29 is 82.7 Å². The van der Waals surface area contributed by atoms with Gasteiger partial charge in [0.15, 0.2) is 20.2 Å². The Morgan fingerprint density at radius 2 is 0.926 bits per heavy atom. The summed E-state index contributed by atoms with van der Waals surface area (Å²) in [6.07, 6.45) is 5.23. The normalized spacial score (nSPS) is 10.9. The number of pyridine rings is 5. The topological polar surface area (TPSA) is 243 Å². The summed E-state index contributed by atoms with van der Waals surface area (Å²) in [5, 5.41) is 1.79. The van der Waals surface area contributed by atoms with Gasteiger partial charge in [-0.3, -0.25) is 15.0 Å². The Hall–Kier alpha value is -4.54. The molecule has 1 aromatic carbocycles. The van der Waals surface area contributed by atoms with Crippen LogP contribution in [0.1, 0.15) is 0 Å². The predicted octanol–water partition coefficient (Wildman–Crippen LogP) is 5.51. The molecule has 0 unspecified atom stereocenters. The standard InChI is InChI=1S/C15H11N3.C14H9ClN2.2CHF3O3S.2H2O.Ru/c1-3-10-16-12(6-1)14-8-5-9-15(18-14)13-7-2-4-11-17-13;15-11-7-8-16-14(9-11)13-6-5-10-3-1-2-4-12(10)17-13;2*2-1(3,4)8(5,6)7;;;/h1-11H;1-9H;2*(H,5,6,7);2*1H2;/q;;;;;;+2/p-1. The van der Waals surface area contributed by atoms with E-state index in [0.717, 1.165) is 45.1 Å². The maximum Gasteiger partial charge on any atom is 2.00 e. The molecule has 6 aromatic rings. The monoisotopic (exact) mass is 910 g/mol. The largest absolute Gasteiger partial charge is 2.00 e. The molecule has 0 atom stereocenters. The molecule has 6 rings (SSSR count). The van der Waals surface area contributed by atoms with E-state index in [0.29, 0.717) is 5.02 Å². The molecule has 0 radical (unpaired) electrons. The van der Waals surface area contributed by atoms with Gasteiger partial charge in [-0.1, -0.05) is 54.1 Å². The molecule has 0 fully saturated rings. The van der Waals surface area contributed by atoms with Crippen molar-refractivity contribution in [2.24, 2.45) is 0 Å². The molecule has 0 saturated carbocycles. The van der Waals surface area contributed by atoms with Crippen LogP contribution in [0.4, 0.5) is 26.3 Å². The first kappa shape index (κ1) is 49.5. The van der Waals surface area contributed by atoms with Gasteiger partial charge in [-0.2, -0.15) is 26.3 Å². The zero-order valence-corrected chi connectivity index (χ0v) is 30.8. The van der Waals surface area contributed by atoms with Crippen molar-refractivity contribution in [1.82, 2.24) is 24.9 Å². The third kappa shape index (κ3) is 15.4. The van der Waals surface area contributed by atoms with Crippen molar-refractivity contribution >= 4 is 42.7 Å². The van der Waals surface area contributed by atoms with Gasteiger partial charge in [-0.25, -0.2) is 26.8 Å². The van der Waals surface area contributed by atoms with Crippen LogP contribution in [0.3, 0.4) is 0 Å². The molecule has 5 aromatic heterocycles. The van der Waals surface area contributed by atoms with E-state index in [9.17, 15) is 26.3 Å². The number of rotatable bonds is 3. The van der Waals surface area contributed by atoms with Crippen molar-refractivity contribution in [3.8, 4) is 34.2 Å². The van der Waals surface area contributed by atoms with E-state index >= 15 is 0 Å². The molecule has 54 heavy (non-hydrogen) atoms. The Labute approximate surface area is 321 Å². The average Bonchev–Trinajstić information content (AvgIpc) is 3.08. The van der Waals surface area contributed by atoms with Crippen LogP contribution in [0, 0.1) is 0 Å². The molecule has 0 amide bonds. The fourth-order valence-corrected chi connectivity index (χ4v) is 3.66. The Morgan fingerprint density at radius 3 is 1.35 bits per heavy atom. The molecular formula is C31H25ClF6N5O8RuS2+. The number of aromatic nitrogens is 5. The van der Waals surface area contributed by atoms with Gasteiger partial charge >= 0.3 is 30.5 Å². The van der Waals surface area contributed by atoms with Gasteiger partial charge < -0.3 is 20.1 Å². The second-order valence-electron chi connectivity index (χ2n) is 9.39. The molecule has 13 nitrogen and oxygen atoms in total. The number of alkyl halides is 6. The summed E-state index contributed by atoms with van der Waals surface area (Å²) >= 11 is 5.95. The van der Waals surface area contributed by atoms with E-state index in [2.05, 4.69) is 24.9 Å². The number of fused-ring (bicyclic) bond motifs is 1. The molecule has 0 saturated heterocycles. The molecule has 290 valence electrons. The van der Waals surface area contributed by atoms with Crippen LogP contribution in [0.25, 0.3) is 45.1 Å². The minimum atomic E-state index is -6.09. The number of hydrogen-bond acceptors (Lipinski definition) is 11. The van der Waals surface area contributed by atoms with Crippen LogP contribution < -0.4 is 0 Å². The first-order valence-electron chi connectivity index (χ1n) is 13.6. The smallest absolute Gasteiger partial charge is 0.741 e. The minimum absolute atomic E-state index is 0. The van der Waals surface area contributed by atoms with Crippen molar-refractivity contribution in [3.63, 3.8) is 0 Å². The van der Waals surface area contributed by atoms with E-state index in [1.807, 2.05) is 97.1 Å². The number of hydrogen-bond donors (Lipinski definition) is 0. The molecule has 0 aliphatic carbocycles. The van der Waals surface area contributed by atoms with Crippen LogP contribution in [0.2, 0.25) is 5.02 Å². The van der Waals surface area contributed by atoms with Crippen LogP contribution >= 0.6 is 11.6 Å². The summed E-state index contributed by atoms with van der Waals surface area (Å²) in [5.41, 5.74) is -5.23. The van der Waals surface area contributed by atoms with Gasteiger partial charge in [-0.05, 0) is 60.7 Å². The second-order valence-corrected chi connectivity index (χ2v) is 12.6. The predicted molar refractivity (Wildman–Crippen MR) is 181 cm³/mol. The number of para-hydroxylation sites is 1. The maximum atomic E-state index is 10.7. The SMILES string of the molecule is Clc1ccnc(-c2ccc3ccccc3n2)c1.O.O=S(=O)([O-])C(F)(F)F.O=S(=O)([O-])C(F)(F)F.[OH3+].[Ru+2].c1ccc(-c2cccc(-c3ccccn3)n2)nc1. The molecule has 0 aliphatic heterocycles. The van der Waals surface area contributed by atoms with E-state index in [1.54, 1.807) is 24.7 Å². The van der Waals surface area contributed by atoms with Gasteiger partial charge in [0.2, 0.25) is 0 Å². The molecule has 0 bridgehead atoms. The van der Waals surface area contributed by atoms with Crippen LogP contribution in [-0.2, 0) is 45.2 Å². The van der Waals surface area contributed by atoms with Gasteiger partial charge in [0.05, 0.1) is 39.7 Å². The summed E-state index contributed by atoms with van der Waals surface area (Å²) in [5.74, 6) is 0. The summed E-state index contributed by atoms with van der Waals surface area (Å²) in [6.45, 7) is 0. The summed E-state index contributed by atoms with van der Waals surface area (Å²) < 4.78 is 118. The van der Waals surface area contributed by atoms with Crippen molar-refractivity contribution in [3.05, 3.63) is 127 Å². The summed E-state index contributed by atoms with van der Waals surface area (Å²) in [4.78, 5) is 22.0. The Morgan fingerprint density at radius 1 is 0.519 bits per heavy atom. The van der Waals surface area contributed by atoms with Gasteiger partial charge in [-0.15, -0.1) is 0 Å². The van der Waals surface area contributed by atoms with Crippen molar-refractivity contribution in [2.45, 2.75) is 11.0 Å². The summed E-state index contributed by atoms with van der Waals surface area (Å²) in [6, 6.07) is 33.1.